The van der Waals surface area contributed by atoms with E-state index >= 15 is 0 Å². The topological polar surface area (TPSA) is 128 Å². The van der Waals surface area contributed by atoms with Gasteiger partial charge in [0.15, 0.2) is 0 Å². The van der Waals surface area contributed by atoms with Crippen molar-refractivity contribution in [1.29, 1.82) is 0 Å². The van der Waals surface area contributed by atoms with Crippen molar-refractivity contribution < 1.29 is 37.1 Å². The number of amides is 5. The minimum absolute atomic E-state index is 0.0148. The molecule has 4 aliphatic rings. The summed E-state index contributed by atoms with van der Waals surface area (Å²) in [5.74, 6) is -9.37. The number of fused-ring (bicyclic) bond motifs is 1. The van der Waals surface area contributed by atoms with Gasteiger partial charge in [-0.2, -0.15) is 0 Å². The molecule has 3 N–H and O–H groups in total. The first-order chi connectivity index (χ1) is 18.6. The summed E-state index contributed by atoms with van der Waals surface area (Å²) in [4.78, 5) is 66.4. The van der Waals surface area contributed by atoms with Crippen LogP contribution in [0.4, 0.5) is 13.2 Å². The fourth-order valence-corrected chi connectivity index (χ4v) is 6.28. The summed E-state index contributed by atoms with van der Waals surface area (Å²) in [5, 5.41) is 5.87. The molecule has 5 amide bonds. The molecule has 2 unspecified atom stereocenters. The van der Waals surface area contributed by atoms with E-state index in [-0.39, 0.29) is 30.8 Å². The molecule has 2 saturated carbocycles. The normalized spacial score (nSPS) is 30.5. The smallest absolute Gasteiger partial charge is 0.291 e. The predicted molar refractivity (Wildman–Crippen MR) is 137 cm³/mol. The van der Waals surface area contributed by atoms with Gasteiger partial charge in [-0.05, 0) is 42.9 Å². The molecule has 0 radical (unpaired) electrons. The van der Waals surface area contributed by atoms with E-state index < -0.39 is 70.9 Å². The Balaban J connectivity index is 1.55. The van der Waals surface area contributed by atoms with Crippen LogP contribution in [0.25, 0.3) is 0 Å². The van der Waals surface area contributed by atoms with Gasteiger partial charge in [0.05, 0.1) is 12.5 Å². The Hall–Kier alpha value is -2.57. The van der Waals surface area contributed by atoms with Crippen LogP contribution in [0.2, 0.25) is 0 Å². The van der Waals surface area contributed by atoms with Crippen LogP contribution < -0.4 is 16.1 Å². The maximum Gasteiger partial charge on any atom is 0.291 e. The average molecular weight is 592 g/mol. The zero-order chi connectivity index (χ0) is 29.6. The first-order valence-electron chi connectivity index (χ1n) is 13.8. The number of carbonyl (C=O) groups excluding carboxylic acids is 5. The Morgan fingerprint density at radius 3 is 2.40 bits per heavy atom. The summed E-state index contributed by atoms with van der Waals surface area (Å²) in [6.07, 6.45) is 2.72. The molecule has 0 aromatic rings. The van der Waals surface area contributed by atoms with Crippen molar-refractivity contribution >= 4 is 41.1 Å². The third kappa shape index (κ3) is 6.33. The number of halogens is 4. The number of nitrogens with one attached hydrogen (secondary N) is 3. The summed E-state index contributed by atoms with van der Waals surface area (Å²) in [6, 6.07) is -2.24. The lowest BCUT2D eigenvalue weighted by Gasteiger charge is -2.37. The van der Waals surface area contributed by atoms with Gasteiger partial charge in [-0.25, -0.2) is 18.2 Å². The molecule has 0 spiro atoms. The van der Waals surface area contributed by atoms with Crippen LogP contribution in [0.3, 0.4) is 0 Å². The monoisotopic (exact) mass is 591 g/mol. The van der Waals surface area contributed by atoms with Gasteiger partial charge in [-0.3, -0.25) is 29.4 Å². The molecule has 4 fully saturated rings. The van der Waals surface area contributed by atoms with E-state index in [9.17, 15) is 37.1 Å². The highest BCUT2D eigenvalue weighted by atomic mass is 35.5. The Morgan fingerprint density at radius 2 is 1.82 bits per heavy atom. The van der Waals surface area contributed by atoms with Gasteiger partial charge < -0.3 is 15.5 Å². The third-order valence-corrected chi connectivity index (χ3v) is 8.67. The number of nitrogens with zero attached hydrogens (tertiary/aromatic N) is 2. The fraction of sp³-hybridized carbons (Fsp3) is 0.808. The molecule has 2 heterocycles. The molecule has 0 bridgehead atoms. The van der Waals surface area contributed by atoms with Crippen molar-refractivity contribution in [3.63, 3.8) is 0 Å². The third-order valence-electron chi connectivity index (χ3n) is 8.48. The summed E-state index contributed by atoms with van der Waals surface area (Å²) < 4.78 is 41.0. The Labute approximate surface area is 236 Å². The Bertz CT molecular complexity index is 1050. The first kappa shape index (κ1) is 30.4. The summed E-state index contributed by atoms with van der Waals surface area (Å²) in [6.45, 7) is 5.44. The highest BCUT2D eigenvalue weighted by molar-refractivity contribution is 6.29. The van der Waals surface area contributed by atoms with Crippen LogP contribution in [-0.2, 0) is 24.0 Å². The van der Waals surface area contributed by atoms with Crippen molar-refractivity contribution in [2.75, 3.05) is 19.6 Å². The Kier molecular flexibility index (Phi) is 8.64. The summed E-state index contributed by atoms with van der Waals surface area (Å²) >= 11 is 5.41. The number of alkyl halides is 4. The van der Waals surface area contributed by atoms with E-state index in [0.29, 0.717) is 30.8 Å². The molecular formula is C26H37ClF3N5O5. The van der Waals surface area contributed by atoms with Crippen LogP contribution >= 0.6 is 11.6 Å². The highest BCUT2D eigenvalue weighted by Crippen LogP contribution is 2.49. The molecule has 10 nitrogen and oxygen atoms in total. The second-order valence-corrected chi connectivity index (χ2v) is 12.9. The number of carbonyl (C=O) groups is 5. The lowest BCUT2D eigenvalue weighted by molar-refractivity contribution is -0.151. The van der Waals surface area contributed by atoms with Gasteiger partial charge in [0.25, 0.3) is 23.4 Å². The quantitative estimate of drug-likeness (QED) is 0.307. The molecule has 2 aliphatic heterocycles. The standard InChI is InChI=1S/C26H37ClF3N5O5/c1-25(2,3)18(32-21(37)16-10-26(16,29)30)23(39)34-11-13-6-4-8-15(13)17(34)22(38)33-35(24(40)19(27)28)12-14-7-5-9-31-20(14)36/h13-19H,4-12H2,1-3H3,(H,31,36)(H,32,37)(H,33,38)/t13-,14-,15-,16-,17-,18?,19?/m0/s1. The molecule has 4 rings (SSSR count). The predicted octanol–water partition coefficient (Wildman–Crippen LogP) is 1.72. The minimum atomic E-state index is -3.11. The fourth-order valence-electron chi connectivity index (χ4n) is 6.16. The van der Waals surface area contributed by atoms with E-state index in [1.165, 1.54) is 4.90 Å². The van der Waals surface area contributed by atoms with Gasteiger partial charge >= 0.3 is 0 Å². The number of rotatable bonds is 7. The van der Waals surface area contributed by atoms with E-state index in [1.807, 2.05) is 0 Å². The molecule has 40 heavy (non-hydrogen) atoms. The summed E-state index contributed by atoms with van der Waals surface area (Å²) in [7, 11) is 0. The average Bonchev–Trinajstić information content (AvgIpc) is 3.17. The molecular weight excluding hydrogens is 555 g/mol. The molecule has 2 aliphatic carbocycles. The lowest BCUT2D eigenvalue weighted by atomic mass is 9.85. The maximum atomic E-state index is 13.9. The van der Waals surface area contributed by atoms with E-state index in [0.717, 1.165) is 12.8 Å². The van der Waals surface area contributed by atoms with Gasteiger partial charge in [0.2, 0.25) is 17.7 Å². The van der Waals surface area contributed by atoms with Gasteiger partial charge in [-0.1, -0.05) is 38.8 Å². The van der Waals surface area contributed by atoms with Gasteiger partial charge in [-0.15, -0.1) is 0 Å². The first-order valence-corrected chi connectivity index (χ1v) is 14.2. The molecule has 14 heteroatoms. The van der Waals surface area contributed by atoms with Gasteiger partial charge in [0, 0.05) is 19.5 Å². The molecule has 224 valence electrons. The number of piperidine rings is 1. The van der Waals surface area contributed by atoms with Crippen molar-refractivity contribution in [2.45, 2.75) is 82.9 Å². The zero-order valence-corrected chi connectivity index (χ0v) is 23.6. The molecule has 0 aromatic heterocycles. The molecule has 7 atom stereocenters. The van der Waals surface area contributed by atoms with Crippen LogP contribution in [0.5, 0.6) is 0 Å². The van der Waals surface area contributed by atoms with E-state index in [4.69, 9.17) is 11.6 Å². The second kappa shape index (κ2) is 11.4. The van der Waals surface area contributed by atoms with Crippen LogP contribution in [0.1, 0.15) is 59.3 Å². The van der Waals surface area contributed by atoms with E-state index in [2.05, 4.69) is 16.1 Å². The van der Waals surface area contributed by atoms with Crippen LogP contribution in [0, 0.1) is 29.1 Å². The summed E-state index contributed by atoms with van der Waals surface area (Å²) in [5.41, 5.74) is -0.910. The number of likely N-dealkylation sites (tertiary alicyclic amines) is 1. The molecule has 0 aromatic carbocycles. The maximum absolute atomic E-state index is 13.9. The number of hydrogen-bond donors (Lipinski definition) is 3. The minimum Gasteiger partial charge on any atom is -0.356 e. The van der Waals surface area contributed by atoms with Crippen LogP contribution in [0.15, 0.2) is 0 Å². The Morgan fingerprint density at radius 1 is 1.15 bits per heavy atom. The zero-order valence-electron chi connectivity index (χ0n) is 22.9. The highest BCUT2D eigenvalue weighted by Gasteiger charge is 2.62. The van der Waals surface area contributed by atoms with Crippen molar-refractivity contribution in [3.8, 4) is 0 Å². The molecule has 2 saturated heterocycles. The van der Waals surface area contributed by atoms with Crippen LogP contribution in [-0.4, -0.2) is 82.7 Å². The van der Waals surface area contributed by atoms with E-state index in [1.54, 1.807) is 20.8 Å². The van der Waals surface area contributed by atoms with Gasteiger partial charge in [0.1, 0.15) is 18.0 Å². The lowest BCUT2D eigenvalue weighted by Crippen LogP contribution is -2.61. The number of hydrogen-bond acceptors (Lipinski definition) is 5. The largest absolute Gasteiger partial charge is 0.356 e. The van der Waals surface area contributed by atoms with Crippen molar-refractivity contribution in [2.24, 2.45) is 29.1 Å². The number of hydrazine groups is 1. The van der Waals surface area contributed by atoms with Crippen molar-refractivity contribution in [3.05, 3.63) is 0 Å². The second-order valence-electron chi connectivity index (χ2n) is 12.5. The van der Waals surface area contributed by atoms with Crippen molar-refractivity contribution in [1.82, 2.24) is 26.0 Å². The SMILES string of the molecule is CC(C)(C)C(NC(=O)[C@@H]1CC1(F)F)C(=O)N1C[C@@H]2CCC[C@@H]2[C@H]1C(=O)NN(C[C@@H]1CCCNC1=O)C(=O)C(F)Cl.